The fourth-order valence-electron chi connectivity index (χ4n) is 2.27. The molecule has 3 nitrogen and oxygen atoms in total. The first-order valence-electron chi connectivity index (χ1n) is 6.35. The summed E-state index contributed by atoms with van der Waals surface area (Å²) in [6.45, 7) is 0. The first-order chi connectivity index (χ1) is 9.71. The van der Waals surface area contributed by atoms with Crippen LogP contribution in [0.25, 0.3) is 0 Å². The minimum atomic E-state index is 0.00885. The molecule has 0 amide bonds. The Morgan fingerprint density at radius 3 is 2.30 bits per heavy atom. The van der Waals surface area contributed by atoms with Gasteiger partial charge in [-0.3, -0.25) is 0 Å². The van der Waals surface area contributed by atoms with Crippen LogP contribution < -0.4 is 14.8 Å². The lowest BCUT2D eigenvalue weighted by Crippen LogP contribution is -2.18. The second-order valence-electron chi connectivity index (χ2n) is 4.36. The highest BCUT2D eigenvalue weighted by atomic mass is 35.5. The van der Waals surface area contributed by atoms with Gasteiger partial charge in [0.05, 0.1) is 25.3 Å². The van der Waals surface area contributed by atoms with Crippen LogP contribution >= 0.6 is 11.6 Å². The van der Waals surface area contributed by atoms with E-state index in [-0.39, 0.29) is 6.04 Å². The normalized spacial score (nSPS) is 12.0. The highest BCUT2D eigenvalue weighted by Crippen LogP contribution is 2.33. The molecule has 0 bridgehead atoms. The molecule has 0 fully saturated rings. The maximum absolute atomic E-state index is 6.21. The molecule has 0 saturated carbocycles. The first-order valence-corrected chi connectivity index (χ1v) is 6.72. The van der Waals surface area contributed by atoms with Crippen molar-refractivity contribution in [2.75, 3.05) is 21.3 Å². The number of methoxy groups -OCH3 is 2. The van der Waals surface area contributed by atoms with E-state index in [0.29, 0.717) is 10.8 Å². The highest BCUT2D eigenvalue weighted by molar-refractivity contribution is 6.32. The Balaban J connectivity index is 2.44. The van der Waals surface area contributed by atoms with Crippen molar-refractivity contribution >= 4 is 11.6 Å². The Morgan fingerprint density at radius 1 is 1.00 bits per heavy atom. The molecule has 0 aliphatic rings. The summed E-state index contributed by atoms with van der Waals surface area (Å²) in [5, 5.41) is 3.89. The van der Waals surface area contributed by atoms with Gasteiger partial charge in [-0.25, -0.2) is 0 Å². The van der Waals surface area contributed by atoms with Gasteiger partial charge in [0.2, 0.25) is 0 Å². The largest absolute Gasteiger partial charge is 0.496 e. The number of rotatable bonds is 5. The summed E-state index contributed by atoms with van der Waals surface area (Å²) in [5.41, 5.74) is 2.13. The fourth-order valence-corrected chi connectivity index (χ4v) is 2.53. The molecule has 0 aromatic heterocycles. The monoisotopic (exact) mass is 291 g/mol. The number of hydrogen-bond acceptors (Lipinski definition) is 3. The SMILES string of the molecule is CNC(c1ccc(OC)c(Cl)c1)c1ccccc1OC. The minimum Gasteiger partial charge on any atom is -0.496 e. The number of halogens is 1. The van der Waals surface area contributed by atoms with Gasteiger partial charge < -0.3 is 14.8 Å². The van der Waals surface area contributed by atoms with Gasteiger partial charge in [-0.1, -0.05) is 35.9 Å². The van der Waals surface area contributed by atoms with Crippen molar-refractivity contribution in [3.63, 3.8) is 0 Å². The van der Waals surface area contributed by atoms with E-state index in [0.717, 1.165) is 16.9 Å². The molecule has 0 aliphatic carbocycles. The topological polar surface area (TPSA) is 30.5 Å². The molecule has 0 aliphatic heterocycles. The van der Waals surface area contributed by atoms with Crippen molar-refractivity contribution in [3.8, 4) is 11.5 Å². The van der Waals surface area contributed by atoms with Gasteiger partial charge in [0.1, 0.15) is 11.5 Å². The molecular formula is C16H18ClNO2. The summed E-state index contributed by atoms with van der Waals surface area (Å²) >= 11 is 6.21. The lowest BCUT2D eigenvalue weighted by Gasteiger charge is -2.20. The molecule has 2 aromatic carbocycles. The van der Waals surface area contributed by atoms with Crippen LogP contribution in [0.15, 0.2) is 42.5 Å². The van der Waals surface area contributed by atoms with E-state index in [4.69, 9.17) is 21.1 Å². The number of para-hydroxylation sites is 1. The minimum absolute atomic E-state index is 0.00885. The third-order valence-electron chi connectivity index (χ3n) is 3.25. The first kappa shape index (κ1) is 14.7. The summed E-state index contributed by atoms with van der Waals surface area (Å²) in [5.74, 6) is 1.52. The number of hydrogen-bond donors (Lipinski definition) is 1. The highest BCUT2D eigenvalue weighted by Gasteiger charge is 2.17. The summed E-state index contributed by atoms with van der Waals surface area (Å²) in [6.07, 6.45) is 0. The van der Waals surface area contributed by atoms with Crippen molar-refractivity contribution in [2.24, 2.45) is 0 Å². The van der Waals surface area contributed by atoms with Crippen LogP contribution in [0, 0.1) is 0 Å². The average molecular weight is 292 g/mol. The van der Waals surface area contributed by atoms with Crippen molar-refractivity contribution < 1.29 is 9.47 Å². The van der Waals surface area contributed by atoms with E-state index < -0.39 is 0 Å². The number of nitrogens with one attached hydrogen (secondary N) is 1. The van der Waals surface area contributed by atoms with Gasteiger partial charge in [-0.15, -0.1) is 0 Å². The predicted octanol–water partition coefficient (Wildman–Crippen LogP) is 3.67. The molecule has 106 valence electrons. The van der Waals surface area contributed by atoms with E-state index in [2.05, 4.69) is 5.32 Å². The molecule has 1 N–H and O–H groups in total. The molecule has 0 heterocycles. The van der Waals surface area contributed by atoms with E-state index in [9.17, 15) is 0 Å². The third-order valence-corrected chi connectivity index (χ3v) is 3.54. The van der Waals surface area contributed by atoms with Crippen LogP contribution in [0.2, 0.25) is 5.02 Å². The quantitative estimate of drug-likeness (QED) is 0.912. The Bertz CT molecular complexity index is 586. The summed E-state index contributed by atoms with van der Waals surface area (Å²) < 4.78 is 10.6. The molecule has 0 saturated heterocycles. The summed E-state index contributed by atoms with van der Waals surface area (Å²) in [6, 6.07) is 13.7. The van der Waals surface area contributed by atoms with E-state index in [1.807, 2.05) is 49.5 Å². The zero-order valence-corrected chi connectivity index (χ0v) is 12.6. The van der Waals surface area contributed by atoms with Crippen LogP contribution in [0.3, 0.4) is 0 Å². The Hall–Kier alpha value is -1.71. The van der Waals surface area contributed by atoms with Crippen LogP contribution in [0.4, 0.5) is 0 Å². The van der Waals surface area contributed by atoms with E-state index in [1.165, 1.54) is 0 Å². The zero-order chi connectivity index (χ0) is 14.5. The Labute approximate surface area is 124 Å². The van der Waals surface area contributed by atoms with Crippen LogP contribution in [0.5, 0.6) is 11.5 Å². The molecule has 4 heteroatoms. The second kappa shape index (κ2) is 6.64. The maximum Gasteiger partial charge on any atom is 0.137 e. The standard InChI is InChI=1S/C16H18ClNO2/c1-18-16(12-6-4-5-7-14(12)19-2)11-8-9-15(20-3)13(17)10-11/h4-10,16,18H,1-3H3. The summed E-state index contributed by atoms with van der Waals surface area (Å²) in [7, 11) is 5.19. The predicted molar refractivity (Wildman–Crippen MR) is 81.9 cm³/mol. The van der Waals surface area contributed by atoms with Gasteiger partial charge in [0.25, 0.3) is 0 Å². The molecule has 0 radical (unpaired) electrons. The molecule has 20 heavy (non-hydrogen) atoms. The van der Waals surface area contributed by atoms with Crippen molar-refractivity contribution in [3.05, 3.63) is 58.6 Å². The summed E-state index contributed by atoms with van der Waals surface area (Å²) in [4.78, 5) is 0. The number of benzene rings is 2. The van der Waals surface area contributed by atoms with Crippen LogP contribution in [-0.2, 0) is 0 Å². The molecule has 1 unspecified atom stereocenters. The van der Waals surface area contributed by atoms with Crippen molar-refractivity contribution in [1.29, 1.82) is 0 Å². The molecular weight excluding hydrogens is 274 g/mol. The van der Waals surface area contributed by atoms with E-state index in [1.54, 1.807) is 14.2 Å². The number of ether oxygens (including phenoxy) is 2. The maximum atomic E-state index is 6.21. The molecule has 1 atom stereocenters. The third kappa shape index (κ3) is 2.89. The second-order valence-corrected chi connectivity index (χ2v) is 4.76. The molecule has 2 rings (SSSR count). The zero-order valence-electron chi connectivity index (χ0n) is 11.8. The smallest absolute Gasteiger partial charge is 0.137 e. The molecule has 2 aromatic rings. The van der Waals surface area contributed by atoms with Gasteiger partial charge in [-0.05, 0) is 30.8 Å². The Morgan fingerprint density at radius 2 is 1.70 bits per heavy atom. The van der Waals surface area contributed by atoms with Gasteiger partial charge in [-0.2, -0.15) is 0 Å². The van der Waals surface area contributed by atoms with Crippen molar-refractivity contribution in [1.82, 2.24) is 5.32 Å². The van der Waals surface area contributed by atoms with Crippen molar-refractivity contribution in [2.45, 2.75) is 6.04 Å². The lowest BCUT2D eigenvalue weighted by molar-refractivity contribution is 0.405. The average Bonchev–Trinajstić information content (AvgIpc) is 2.49. The van der Waals surface area contributed by atoms with Gasteiger partial charge >= 0.3 is 0 Å². The Kier molecular flexibility index (Phi) is 4.88. The van der Waals surface area contributed by atoms with Gasteiger partial charge in [0, 0.05) is 5.56 Å². The fraction of sp³-hybridized carbons (Fsp3) is 0.250. The van der Waals surface area contributed by atoms with Crippen LogP contribution in [0.1, 0.15) is 17.2 Å². The van der Waals surface area contributed by atoms with Gasteiger partial charge in [0.15, 0.2) is 0 Å². The lowest BCUT2D eigenvalue weighted by atomic mass is 9.98. The molecule has 0 spiro atoms. The van der Waals surface area contributed by atoms with Crippen LogP contribution in [-0.4, -0.2) is 21.3 Å². The van der Waals surface area contributed by atoms with E-state index >= 15 is 0 Å².